The SMILES string of the molecule is COC(=O)c1cc(OC2CC2)n[nH]1. The third kappa shape index (κ3) is 1.80. The standard InChI is InChI=1S/C8H10N2O3/c1-12-8(11)6-4-7(10-9-6)13-5-2-3-5/h4-5H,2-3H2,1H3,(H,9,10). The molecule has 0 saturated heterocycles. The Kier molecular flexibility index (Phi) is 1.92. The van der Waals surface area contributed by atoms with Crippen LogP contribution >= 0.6 is 0 Å². The molecule has 1 aliphatic rings. The van der Waals surface area contributed by atoms with Gasteiger partial charge in [-0.15, -0.1) is 5.10 Å². The number of ether oxygens (including phenoxy) is 2. The molecule has 1 saturated carbocycles. The maximum absolute atomic E-state index is 11.0. The van der Waals surface area contributed by atoms with Crippen molar-refractivity contribution >= 4 is 5.97 Å². The molecule has 0 radical (unpaired) electrons. The van der Waals surface area contributed by atoms with Gasteiger partial charge in [0.1, 0.15) is 11.8 Å². The molecule has 0 unspecified atom stereocenters. The molecule has 0 amide bonds. The first-order valence-corrected chi connectivity index (χ1v) is 4.10. The zero-order chi connectivity index (χ0) is 9.26. The van der Waals surface area contributed by atoms with Crippen LogP contribution in [-0.4, -0.2) is 29.4 Å². The number of aromatic amines is 1. The molecule has 1 aromatic heterocycles. The van der Waals surface area contributed by atoms with Gasteiger partial charge < -0.3 is 9.47 Å². The summed E-state index contributed by atoms with van der Waals surface area (Å²) in [6, 6.07) is 1.55. The summed E-state index contributed by atoms with van der Waals surface area (Å²) in [4.78, 5) is 11.0. The Morgan fingerprint density at radius 3 is 3.08 bits per heavy atom. The maximum Gasteiger partial charge on any atom is 0.356 e. The molecule has 1 heterocycles. The zero-order valence-electron chi connectivity index (χ0n) is 7.24. The third-order valence-corrected chi connectivity index (χ3v) is 1.77. The van der Waals surface area contributed by atoms with Gasteiger partial charge >= 0.3 is 5.97 Å². The number of methoxy groups -OCH3 is 1. The van der Waals surface area contributed by atoms with Crippen LogP contribution in [0, 0.1) is 0 Å². The van der Waals surface area contributed by atoms with Crippen molar-refractivity contribution in [2.45, 2.75) is 18.9 Å². The highest BCUT2D eigenvalue weighted by Crippen LogP contribution is 2.25. The largest absolute Gasteiger partial charge is 0.473 e. The highest BCUT2D eigenvalue weighted by Gasteiger charge is 2.25. The van der Waals surface area contributed by atoms with Gasteiger partial charge in [0.05, 0.1) is 7.11 Å². The van der Waals surface area contributed by atoms with E-state index in [-0.39, 0.29) is 6.10 Å². The van der Waals surface area contributed by atoms with Crippen molar-refractivity contribution in [1.82, 2.24) is 10.2 Å². The summed E-state index contributed by atoms with van der Waals surface area (Å²) in [6.45, 7) is 0. The van der Waals surface area contributed by atoms with Gasteiger partial charge in [0, 0.05) is 6.07 Å². The average Bonchev–Trinajstić information content (AvgIpc) is 2.81. The Morgan fingerprint density at radius 1 is 1.69 bits per heavy atom. The molecule has 0 atom stereocenters. The lowest BCUT2D eigenvalue weighted by molar-refractivity contribution is 0.0594. The van der Waals surface area contributed by atoms with Gasteiger partial charge in [-0.2, -0.15) is 0 Å². The van der Waals surface area contributed by atoms with Crippen molar-refractivity contribution in [3.8, 4) is 5.88 Å². The molecule has 70 valence electrons. The van der Waals surface area contributed by atoms with E-state index in [1.54, 1.807) is 6.07 Å². The minimum Gasteiger partial charge on any atom is -0.473 e. The van der Waals surface area contributed by atoms with Crippen molar-refractivity contribution < 1.29 is 14.3 Å². The number of hydrogen-bond acceptors (Lipinski definition) is 4. The molecule has 5 nitrogen and oxygen atoms in total. The van der Waals surface area contributed by atoms with E-state index in [1.807, 2.05) is 0 Å². The normalized spacial score (nSPS) is 15.5. The maximum atomic E-state index is 11.0. The Bertz CT molecular complexity index is 317. The summed E-state index contributed by atoms with van der Waals surface area (Å²) in [7, 11) is 1.32. The predicted molar refractivity (Wildman–Crippen MR) is 43.6 cm³/mol. The van der Waals surface area contributed by atoms with Gasteiger partial charge in [0.25, 0.3) is 0 Å². The summed E-state index contributed by atoms with van der Waals surface area (Å²) in [5.41, 5.74) is 0.318. The first-order valence-electron chi connectivity index (χ1n) is 4.10. The van der Waals surface area contributed by atoms with Gasteiger partial charge in [-0.05, 0) is 12.8 Å². The molecule has 13 heavy (non-hydrogen) atoms. The van der Waals surface area contributed by atoms with Crippen LogP contribution in [0.3, 0.4) is 0 Å². The Hall–Kier alpha value is -1.52. The van der Waals surface area contributed by atoms with Crippen LogP contribution in [0.15, 0.2) is 6.07 Å². The van der Waals surface area contributed by atoms with Gasteiger partial charge in [-0.1, -0.05) is 0 Å². The summed E-state index contributed by atoms with van der Waals surface area (Å²) in [6.07, 6.45) is 2.43. The van der Waals surface area contributed by atoms with Crippen molar-refractivity contribution in [2.75, 3.05) is 7.11 Å². The number of nitrogens with one attached hydrogen (secondary N) is 1. The van der Waals surface area contributed by atoms with Crippen LogP contribution in [0.1, 0.15) is 23.3 Å². The van der Waals surface area contributed by atoms with Crippen LogP contribution in [-0.2, 0) is 4.74 Å². The lowest BCUT2D eigenvalue weighted by Gasteiger charge is -1.95. The van der Waals surface area contributed by atoms with Crippen LogP contribution in [0.4, 0.5) is 0 Å². The smallest absolute Gasteiger partial charge is 0.356 e. The third-order valence-electron chi connectivity index (χ3n) is 1.77. The van der Waals surface area contributed by atoms with Crippen LogP contribution in [0.2, 0.25) is 0 Å². The lowest BCUT2D eigenvalue weighted by Crippen LogP contribution is -2.00. The van der Waals surface area contributed by atoms with E-state index >= 15 is 0 Å². The van der Waals surface area contributed by atoms with E-state index in [0.29, 0.717) is 11.6 Å². The molecule has 2 rings (SSSR count). The van der Waals surface area contributed by atoms with Gasteiger partial charge in [-0.25, -0.2) is 4.79 Å². The highest BCUT2D eigenvalue weighted by molar-refractivity contribution is 5.87. The first-order chi connectivity index (χ1) is 6.29. The van der Waals surface area contributed by atoms with Crippen molar-refractivity contribution in [3.05, 3.63) is 11.8 Å². The molecule has 5 heteroatoms. The Balaban J connectivity index is 2.03. The van der Waals surface area contributed by atoms with Crippen molar-refractivity contribution in [2.24, 2.45) is 0 Å². The van der Waals surface area contributed by atoms with Gasteiger partial charge in [0.2, 0.25) is 5.88 Å². The van der Waals surface area contributed by atoms with E-state index < -0.39 is 5.97 Å². The number of carbonyl (C=O) groups excluding carboxylic acids is 1. The summed E-state index contributed by atoms with van der Waals surface area (Å²) in [5, 5.41) is 6.36. The van der Waals surface area contributed by atoms with Crippen LogP contribution in [0.5, 0.6) is 5.88 Å². The quantitative estimate of drug-likeness (QED) is 0.700. The second-order valence-corrected chi connectivity index (χ2v) is 2.93. The average molecular weight is 182 g/mol. The summed E-state index contributed by atoms with van der Waals surface area (Å²) >= 11 is 0. The Morgan fingerprint density at radius 2 is 2.46 bits per heavy atom. The Labute approximate surface area is 75.0 Å². The molecule has 1 aromatic rings. The second kappa shape index (κ2) is 3.08. The fourth-order valence-electron chi connectivity index (χ4n) is 0.935. The van der Waals surface area contributed by atoms with Gasteiger partial charge in [-0.3, -0.25) is 5.10 Å². The molecular weight excluding hydrogens is 172 g/mol. The first kappa shape index (κ1) is 8.10. The molecule has 0 aliphatic heterocycles. The number of esters is 1. The van der Waals surface area contributed by atoms with Crippen LogP contribution in [0.25, 0.3) is 0 Å². The zero-order valence-corrected chi connectivity index (χ0v) is 7.24. The molecule has 1 aliphatic carbocycles. The number of nitrogens with zero attached hydrogens (tertiary/aromatic N) is 1. The monoisotopic (exact) mass is 182 g/mol. The molecule has 1 fully saturated rings. The number of rotatable bonds is 3. The van der Waals surface area contributed by atoms with E-state index in [2.05, 4.69) is 14.9 Å². The van der Waals surface area contributed by atoms with Crippen molar-refractivity contribution in [1.29, 1.82) is 0 Å². The molecule has 1 N–H and O–H groups in total. The second-order valence-electron chi connectivity index (χ2n) is 2.93. The minimum atomic E-state index is -0.432. The predicted octanol–water partition coefficient (Wildman–Crippen LogP) is 0.737. The van der Waals surface area contributed by atoms with Crippen LogP contribution < -0.4 is 4.74 Å². The molecule has 0 aromatic carbocycles. The van der Waals surface area contributed by atoms with Gasteiger partial charge in [0.15, 0.2) is 0 Å². The van der Waals surface area contributed by atoms with E-state index in [9.17, 15) is 4.79 Å². The summed E-state index contributed by atoms with van der Waals surface area (Å²) in [5.74, 6) is 0.0287. The topological polar surface area (TPSA) is 64.2 Å². The number of aromatic nitrogens is 2. The number of H-pyrrole nitrogens is 1. The molecular formula is C8H10N2O3. The molecule has 0 bridgehead atoms. The fourth-order valence-corrected chi connectivity index (χ4v) is 0.935. The van der Waals surface area contributed by atoms with E-state index in [1.165, 1.54) is 7.11 Å². The number of hydrogen-bond donors (Lipinski definition) is 1. The lowest BCUT2D eigenvalue weighted by atomic mass is 10.4. The highest BCUT2D eigenvalue weighted by atomic mass is 16.5. The molecule has 0 spiro atoms. The summed E-state index contributed by atoms with van der Waals surface area (Å²) < 4.78 is 9.85. The minimum absolute atomic E-state index is 0.286. The van der Waals surface area contributed by atoms with E-state index in [0.717, 1.165) is 12.8 Å². The van der Waals surface area contributed by atoms with E-state index in [4.69, 9.17) is 4.74 Å². The van der Waals surface area contributed by atoms with Crippen molar-refractivity contribution in [3.63, 3.8) is 0 Å². The fraction of sp³-hybridized carbons (Fsp3) is 0.500. The number of carbonyl (C=O) groups is 1.